The molecule has 2 aromatic rings. The smallest absolute Gasteiger partial charge is 0.251 e. The van der Waals surface area contributed by atoms with Crippen LogP contribution < -0.4 is 5.32 Å². The molecule has 142 valence electrons. The molecule has 2 atom stereocenters. The Hall–Kier alpha value is -1.89. The highest BCUT2D eigenvalue weighted by Crippen LogP contribution is 2.19. The highest BCUT2D eigenvalue weighted by Gasteiger charge is 2.28. The van der Waals surface area contributed by atoms with Crippen LogP contribution in [0, 0.1) is 0 Å². The molecule has 0 saturated carbocycles. The quantitative estimate of drug-likeness (QED) is 0.823. The molecule has 0 radical (unpaired) electrons. The molecule has 1 aliphatic heterocycles. The Bertz CT molecular complexity index is 741. The van der Waals surface area contributed by atoms with Crippen molar-refractivity contribution in [2.75, 3.05) is 40.5 Å². The van der Waals surface area contributed by atoms with E-state index in [0.29, 0.717) is 25.4 Å². The first-order valence-electron chi connectivity index (χ1n) is 9.32. The van der Waals surface area contributed by atoms with Gasteiger partial charge in [-0.25, -0.2) is 0 Å². The molecule has 3 rings (SSSR count). The van der Waals surface area contributed by atoms with E-state index in [-0.39, 0.29) is 18.1 Å². The molecule has 1 fully saturated rings. The Labute approximate surface area is 155 Å². The van der Waals surface area contributed by atoms with Gasteiger partial charge in [0.2, 0.25) is 0 Å². The molecule has 0 bridgehead atoms. The van der Waals surface area contributed by atoms with Crippen molar-refractivity contribution < 1.29 is 14.3 Å². The fraction of sp³-hybridized carbons (Fsp3) is 0.550. The van der Waals surface area contributed by atoms with Crippen molar-refractivity contribution in [3.8, 4) is 0 Å². The summed E-state index contributed by atoms with van der Waals surface area (Å²) in [7, 11) is 4.04. The van der Waals surface area contributed by atoms with E-state index >= 15 is 0 Å². The molecule has 26 heavy (non-hydrogen) atoms. The Morgan fingerprint density at radius 3 is 3.00 bits per heavy atom. The molecule has 6 heteroatoms. The van der Waals surface area contributed by atoms with Crippen molar-refractivity contribution in [2.45, 2.75) is 32.0 Å². The second-order valence-corrected chi connectivity index (χ2v) is 7.03. The monoisotopic (exact) mass is 359 g/mol. The summed E-state index contributed by atoms with van der Waals surface area (Å²) in [5.74, 6) is -0.0761. The number of ether oxygens (including phenoxy) is 2. The van der Waals surface area contributed by atoms with Crippen molar-refractivity contribution in [1.29, 1.82) is 0 Å². The number of benzene rings is 1. The van der Waals surface area contributed by atoms with Gasteiger partial charge < -0.3 is 24.3 Å². The predicted octanol–water partition coefficient (Wildman–Crippen LogP) is 2.13. The van der Waals surface area contributed by atoms with Gasteiger partial charge in [0.15, 0.2) is 0 Å². The summed E-state index contributed by atoms with van der Waals surface area (Å²) in [6.45, 7) is 5.71. The summed E-state index contributed by atoms with van der Waals surface area (Å²) >= 11 is 0. The largest absolute Gasteiger partial charge is 0.379 e. The highest BCUT2D eigenvalue weighted by atomic mass is 16.5. The number of likely N-dealkylation sites (N-methyl/N-ethyl adjacent to an activating group) is 1. The summed E-state index contributed by atoms with van der Waals surface area (Å²) < 4.78 is 13.7. The molecule has 2 heterocycles. The van der Waals surface area contributed by atoms with Gasteiger partial charge in [-0.05, 0) is 51.7 Å². The number of aromatic nitrogens is 1. The second-order valence-electron chi connectivity index (χ2n) is 7.03. The van der Waals surface area contributed by atoms with Crippen molar-refractivity contribution >= 4 is 16.8 Å². The number of carbonyl (C=O) groups excluding carboxylic acids is 1. The summed E-state index contributed by atoms with van der Waals surface area (Å²) in [4.78, 5) is 14.8. The molecule has 6 nitrogen and oxygen atoms in total. The number of amides is 1. The molecule has 1 saturated heterocycles. The van der Waals surface area contributed by atoms with E-state index in [0.717, 1.165) is 30.4 Å². The lowest BCUT2D eigenvalue weighted by Gasteiger charge is -2.32. The molecule has 0 spiro atoms. The van der Waals surface area contributed by atoms with Gasteiger partial charge in [-0.15, -0.1) is 0 Å². The molecular weight excluding hydrogens is 330 g/mol. The van der Waals surface area contributed by atoms with E-state index in [2.05, 4.69) is 27.9 Å². The van der Waals surface area contributed by atoms with Gasteiger partial charge in [0.1, 0.15) is 0 Å². The lowest BCUT2D eigenvalue weighted by molar-refractivity contribution is -0.0561. The van der Waals surface area contributed by atoms with Gasteiger partial charge in [0.05, 0.1) is 25.4 Å². The van der Waals surface area contributed by atoms with Crippen molar-refractivity contribution in [2.24, 2.45) is 0 Å². The lowest BCUT2D eigenvalue weighted by Crippen LogP contribution is -2.51. The summed E-state index contributed by atoms with van der Waals surface area (Å²) in [5, 5.41) is 4.18. The summed E-state index contributed by atoms with van der Waals surface area (Å²) in [6.07, 6.45) is 2.85. The average Bonchev–Trinajstić information content (AvgIpc) is 3.05. The van der Waals surface area contributed by atoms with Gasteiger partial charge in [-0.3, -0.25) is 4.79 Å². The minimum absolute atomic E-state index is 0.00226. The van der Waals surface area contributed by atoms with Gasteiger partial charge in [0.25, 0.3) is 5.91 Å². The van der Waals surface area contributed by atoms with Crippen LogP contribution in [0.25, 0.3) is 10.9 Å². The SMILES string of the molecule is CCn1ccc2cc(C(=O)N[C@H]3COCC[C@H]3OCCN(C)C)ccc21. The normalized spacial score (nSPS) is 20.6. The van der Waals surface area contributed by atoms with Crippen LogP contribution in [-0.2, 0) is 16.0 Å². The van der Waals surface area contributed by atoms with Crippen LogP contribution in [0.4, 0.5) is 0 Å². The van der Waals surface area contributed by atoms with Gasteiger partial charge in [0, 0.05) is 42.4 Å². The van der Waals surface area contributed by atoms with Gasteiger partial charge in [-0.2, -0.15) is 0 Å². The van der Waals surface area contributed by atoms with Crippen molar-refractivity contribution in [3.05, 3.63) is 36.0 Å². The average molecular weight is 359 g/mol. The minimum Gasteiger partial charge on any atom is -0.379 e. The summed E-state index contributed by atoms with van der Waals surface area (Å²) in [5.41, 5.74) is 1.82. The van der Waals surface area contributed by atoms with Gasteiger partial charge in [-0.1, -0.05) is 0 Å². The van der Waals surface area contributed by atoms with Crippen LogP contribution in [0.1, 0.15) is 23.7 Å². The molecule has 1 aliphatic rings. The fourth-order valence-corrected chi connectivity index (χ4v) is 3.31. The van der Waals surface area contributed by atoms with Crippen molar-refractivity contribution in [1.82, 2.24) is 14.8 Å². The molecular formula is C20H29N3O3. The van der Waals surface area contributed by atoms with Crippen LogP contribution in [-0.4, -0.2) is 68.0 Å². The van der Waals surface area contributed by atoms with Crippen LogP contribution in [0.3, 0.4) is 0 Å². The van der Waals surface area contributed by atoms with Crippen LogP contribution in [0.2, 0.25) is 0 Å². The molecule has 1 aromatic heterocycles. The number of rotatable bonds is 7. The van der Waals surface area contributed by atoms with E-state index < -0.39 is 0 Å². The molecule has 1 aromatic carbocycles. The zero-order valence-electron chi connectivity index (χ0n) is 15.9. The van der Waals surface area contributed by atoms with Crippen LogP contribution >= 0.6 is 0 Å². The third-order valence-electron chi connectivity index (χ3n) is 4.85. The fourth-order valence-electron chi connectivity index (χ4n) is 3.31. The standard InChI is InChI=1S/C20H29N3O3/c1-4-23-9-7-15-13-16(5-6-18(15)23)20(24)21-17-14-25-11-8-19(17)26-12-10-22(2)3/h5-7,9,13,17,19H,4,8,10-12,14H2,1-3H3,(H,21,24)/t17-,19+/m0/s1. The Balaban J connectivity index is 1.65. The number of nitrogens with zero attached hydrogens (tertiary/aromatic N) is 2. The first-order chi connectivity index (χ1) is 12.6. The topological polar surface area (TPSA) is 55.7 Å². The zero-order chi connectivity index (χ0) is 18.5. The summed E-state index contributed by atoms with van der Waals surface area (Å²) in [6, 6.07) is 7.77. The maximum atomic E-state index is 12.7. The molecule has 0 unspecified atom stereocenters. The first-order valence-corrected chi connectivity index (χ1v) is 9.32. The van der Waals surface area contributed by atoms with Crippen LogP contribution in [0.5, 0.6) is 0 Å². The third kappa shape index (κ3) is 4.44. The Morgan fingerprint density at radius 1 is 1.38 bits per heavy atom. The number of fused-ring (bicyclic) bond motifs is 1. The Morgan fingerprint density at radius 2 is 2.23 bits per heavy atom. The highest BCUT2D eigenvalue weighted by molar-refractivity contribution is 5.98. The number of aryl methyl sites for hydroxylation is 1. The van der Waals surface area contributed by atoms with Crippen LogP contribution in [0.15, 0.2) is 30.5 Å². The van der Waals surface area contributed by atoms with E-state index in [1.165, 1.54) is 0 Å². The molecule has 1 amide bonds. The van der Waals surface area contributed by atoms with Gasteiger partial charge >= 0.3 is 0 Å². The van der Waals surface area contributed by atoms with E-state index in [1.54, 1.807) is 0 Å². The van der Waals surface area contributed by atoms with E-state index in [4.69, 9.17) is 9.47 Å². The molecule has 1 N–H and O–H groups in total. The minimum atomic E-state index is -0.116. The molecule has 0 aliphatic carbocycles. The van der Waals surface area contributed by atoms with Crippen molar-refractivity contribution in [3.63, 3.8) is 0 Å². The Kier molecular flexibility index (Phi) is 6.29. The predicted molar refractivity (Wildman–Crippen MR) is 103 cm³/mol. The maximum absolute atomic E-state index is 12.7. The second kappa shape index (κ2) is 8.66. The number of hydrogen-bond donors (Lipinski definition) is 1. The number of nitrogens with one attached hydrogen (secondary N) is 1. The zero-order valence-corrected chi connectivity index (χ0v) is 15.9. The van der Waals surface area contributed by atoms with E-state index in [1.807, 2.05) is 38.4 Å². The number of carbonyl (C=O) groups is 1. The number of hydrogen-bond acceptors (Lipinski definition) is 4. The lowest BCUT2D eigenvalue weighted by atomic mass is 10.1. The maximum Gasteiger partial charge on any atom is 0.251 e. The first kappa shape index (κ1) is 18.9. The third-order valence-corrected chi connectivity index (χ3v) is 4.85. The van der Waals surface area contributed by atoms with E-state index in [9.17, 15) is 4.79 Å².